The molecule has 0 saturated carbocycles. The van der Waals surface area contributed by atoms with Gasteiger partial charge in [-0.3, -0.25) is 0 Å². The minimum atomic E-state index is -0.395. The molecule has 1 aliphatic heterocycles. The summed E-state index contributed by atoms with van der Waals surface area (Å²) in [5.41, 5.74) is 2.16. The Balaban J connectivity index is 1.75. The van der Waals surface area contributed by atoms with Gasteiger partial charge in [0.25, 0.3) is 0 Å². The van der Waals surface area contributed by atoms with Crippen molar-refractivity contribution in [3.63, 3.8) is 0 Å². The number of aliphatic hydroxyl groups excluding tert-OH is 1. The molecule has 4 rings (SSSR count). The van der Waals surface area contributed by atoms with Crippen LogP contribution in [0.2, 0.25) is 10.0 Å². The zero-order chi connectivity index (χ0) is 16.7. The van der Waals surface area contributed by atoms with Gasteiger partial charge in [0.2, 0.25) is 0 Å². The number of benzene rings is 2. The number of likely N-dealkylation sites (tertiary alicyclic amines) is 1. The number of halogens is 2. The Morgan fingerprint density at radius 2 is 1.42 bits per heavy atom. The SMILES string of the molecule is O[C@@H](CN1CCCC1)Cn1c2ccc(Cl)cc2c2cc(Cl)ccc21. The first kappa shape index (κ1) is 16.2. The summed E-state index contributed by atoms with van der Waals surface area (Å²) in [4.78, 5) is 2.34. The van der Waals surface area contributed by atoms with E-state index in [0.29, 0.717) is 16.6 Å². The molecule has 1 atom stereocenters. The number of aromatic nitrogens is 1. The number of hydrogen-bond acceptors (Lipinski definition) is 2. The van der Waals surface area contributed by atoms with E-state index in [1.54, 1.807) is 0 Å². The number of hydrogen-bond donors (Lipinski definition) is 1. The van der Waals surface area contributed by atoms with E-state index in [4.69, 9.17) is 23.2 Å². The zero-order valence-electron chi connectivity index (χ0n) is 13.4. The summed E-state index contributed by atoms with van der Waals surface area (Å²) in [5, 5.41) is 14.2. The van der Waals surface area contributed by atoms with Crippen molar-refractivity contribution in [1.82, 2.24) is 9.47 Å². The Hall–Kier alpha value is -1.26. The van der Waals surface area contributed by atoms with Crippen LogP contribution in [-0.4, -0.2) is 40.3 Å². The molecule has 24 heavy (non-hydrogen) atoms. The van der Waals surface area contributed by atoms with Gasteiger partial charge in [0.1, 0.15) is 0 Å². The molecular weight excluding hydrogens is 343 g/mol. The topological polar surface area (TPSA) is 28.4 Å². The highest BCUT2D eigenvalue weighted by molar-refractivity contribution is 6.33. The van der Waals surface area contributed by atoms with Crippen LogP contribution in [0.25, 0.3) is 21.8 Å². The fourth-order valence-corrected chi connectivity index (χ4v) is 4.12. The second-order valence-corrected chi connectivity index (χ2v) is 7.47. The van der Waals surface area contributed by atoms with E-state index in [-0.39, 0.29) is 0 Å². The number of fused-ring (bicyclic) bond motifs is 3. The highest BCUT2D eigenvalue weighted by Crippen LogP contribution is 2.33. The summed E-state index contributed by atoms with van der Waals surface area (Å²) < 4.78 is 2.18. The molecule has 1 aliphatic rings. The van der Waals surface area contributed by atoms with Crippen LogP contribution in [0.15, 0.2) is 36.4 Å². The Kier molecular flexibility index (Phi) is 4.44. The highest BCUT2D eigenvalue weighted by atomic mass is 35.5. The molecule has 0 unspecified atom stereocenters. The van der Waals surface area contributed by atoms with Crippen molar-refractivity contribution in [2.75, 3.05) is 19.6 Å². The molecule has 0 bridgehead atoms. The van der Waals surface area contributed by atoms with Crippen molar-refractivity contribution in [2.45, 2.75) is 25.5 Å². The standard InChI is InChI=1S/C19H20Cl2N2O/c20-13-3-5-18-16(9-13)17-10-14(21)4-6-19(17)23(18)12-15(24)11-22-7-1-2-8-22/h3-6,9-10,15,24H,1-2,7-8,11-12H2/t15-/m0/s1. The van der Waals surface area contributed by atoms with Crippen LogP contribution in [0.3, 0.4) is 0 Å². The maximum absolute atomic E-state index is 10.6. The molecule has 126 valence electrons. The van der Waals surface area contributed by atoms with Crippen molar-refractivity contribution in [3.8, 4) is 0 Å². The van der Waals surface area contributed by atoms with Crippen LogP contribution < -0.4 is 0 Å². The monoisotopic (exact) mass is 362 g/mol. The number of aliphatic hydroxyl groups is 1. The minimum Gasteiger partial charge on any atom is -0.390 e. The highest BCUT2D eigenvalue weighted by Gasteiger charge is 2.18. The van der Waals surface area contributed by atoms with Crippen LogP contribution >= 0.6 is 23.2 Å². The van der Waals surface area contributed by atoms with Crippen LogP contribution in [0.4, 0.5) is 0 Å². The third-order valence-corrected chi connectivity index (χ3v) is 5.32. The molecule has 2 aromatic carbocycles. The van der Waals surface area contributed by atoms with Gasteiger partial charge < -0.3 is 14.6 Å². The lowest BCUT2D eigenvalue weighted by Crippen LogP contribution is -2.32. The third-order valence-electron chi connectivity index (χ3n) is 4.85. The molecule has 2 heterocycles. The predicted molar refractivity (Wildman–Crippen MR) is 101 cm³/mol. The van der Waals surface area contributed by atoms with Crippen molar-refractivity contribution in [1.29, 1.82) is 0 Å². The van der Waals surface area contributed by atoms with Crippen LogP contribution in [0.5, 0.6) is 0 Å². The van der Waals surface area contributed by atoms with E-state index in [0.717, 1.165) is 41.4 Å². The normalized spacial score (nSPS) is 17.1. The van der Waals surface area contributed by atoms with Gasteiger partial charge in [0.05, 0.1) is 12.6 Å². The van der Waals surface area contributed by atoms with Gasteiger partial charge in [-0.2, -0.15) is 0 Å². The fourth-order valence-electron chi connectivity index (χ4n) is 3.78. The second kappa shape index (κ2) is 6.57. The summed E-state index contributed by atoms with van der Waals surface area (Å²) in [6.45, 7) is 3.48. The smallest absolute Gasteiger partial charge is 0.0845 e. The first-order valence-corrected chi connectivity index (χ1v) is 9.15. The summed E-state index contributed by atoms with van der Waals surface area (Å²) in [7, 11) is 0. The summed E-state index contributed by atoms with van der Waals surface area (Å²) in [5.74, 6) is 0. The molecule has 1 aromatic heterocycles. The average molecular weight is 363 g/mol. The summed E-state index contributed by atoms with van der Waals surface area (Å²) in [6.07, 6.45) is 2.08. The lowest BCUT2D eigenvalue weighted by atomic mass is 10.1. The third kappa shape index (κ3) is 3.02. The number of β-amino-alcohol motifs (C(OH)–C–C–N with tert-alkyl or cyclic N) is 1. The molecule has 1 N–H and O–H groups in total. The minimum absolute atomic E-state index is 0.395. The Morgan fingerprint density at radius 1 is 0.875 bits per heavy atom. The first-order chi connectivity index (χ1) is 11.6. The summed E-state index contributed by atoms with van der Waals surface area (Å²) >= 11 is 12.4. The van der Waals surface area contributed by atoms with E-state index in [2.05, 4.69) is 9.47 Å². The molecule has 3 nitrogen and oxygen atoms in total. The van der Waals surface area contributed by atoms with E-state index in [1.165, 1.54) is 12.8 Å². The lowest BCUT2D eigenvalue weighted by molar-refractivity contribution is 0.111. The van der Waals surface area contributed by atoms with E-state index in [1.807, 2.05) is 36.4 Å². The fraction of sp³-hybridized carbons (Fsp3) is 0.368. The number of nitrogens with zero attached hydrogens (tertiary/aromatic N) is 2. The maximum Gasteiger partial charge on any atom is 0.0845 e. The second-order valence-electron chi connectivity index (χ2n) is 6.60. The first-order valence-electron chi connectivity index (χ1n) is 8.39. The lowest BCUT2D eigenvalue weighted by Gasteiger charge is -2.20. The molecular formula is C19H20Cl2N2O. The molecule has 1 fully saturated rings. The molecule has 3 aromatic rings. The largest absolute Gasteiger partial charge is 0.390 e. The van der Waals surface area contributed by atoms with Gasteiger partial charge in [0.15, 0.2) is 0 Å². The Labute approximate surface area is 151 Å². The van der Waals surface area contributed by atoms with Gasteiger partial charge in [-0.05, 0) is 62.3 Å². The van der Waals surface area contributed by atoms with Gasteiger partial charge in [-0.25, -0.2) is 0 Å². The molecule has 1 saturated heterocycles. The van der Waals surface area contributed by atoms with Crippen LogP contribution in [0, 0.1) is 0 Å². The zero-order valence-corrected chi connectivity index (χ0v) is 14.9. The van der Waals surface area contributed by atoms with Gasteiger partial charge >= 0.3 is 0 Å². The van der Waals surface area contributed by atoms with Gasteiger partial charge in [0, 0.05) is 38.4 Å². The van der Waals surface area contributed by atoms with Gasteiger partial charge in [-0.15, -0.1) is 0 Å². The molecule has 0 spiro atoms. The molecule has 0 amide bonds. The summed E-state index contributed by atoms with van der Waals surface area (Å²) in [6, 6.07) is 11.8. The molecule has 0 aliphatic carbocycles. The molecule has 5 heteroatoms. The maximum atomic E-state index is 10.6. The van der Waals surface area contributed by atoms with Crippen LogP contribution in [-0.2, 0) is 6.54 Å². The number of rotatable bonds is 4. The van der Waals surface area contributed by atoms with E-state index in [9.17, 15) is 5.11 Å². The molecule has 0 radical (unpaired) electrons. The van der Waals surface area contributed by atoms with Crippen LogP contribution in [0.1, 0.15) is 12.8 Å². The van der Waals surface area contributed by atoms with Crippen molar-refractivity contribution in [2.24, 2.45) is 0 Å². The Bertz CT molecular complexity index is 825. The Morgan fingerprint density at radius 3 is 1.96 bits per heavy atom. The quantitative estimate of drug-likeness (QED) is 0.736. The average Bonchev–Trinajstić information content (AvgIpc) is 3.15. The van der Waals surface area contributed by atoms with Crippen molar-refractivity contribution < 1.29 is 5.11 Å². The van der Waals surface area contributed by atoms with Gasteiger partial charge in [-0.1, -0.05) is 23.2 Å². The predicted octanol–water partition coefficient (Wildman–Crippen LogP) is 4.56. The van der Waals surface area contributed by atoms with E-state index < -0.39 is 6.10 Å². The van der Waals surface area contributed by atoms with Crippen molar-refractivity contribution in [3.05, 3.63) is 46.4 Å². The van der Waals surface area contributed by atoms with E-state index >= 15 is 0 Å². The van der Waals surface area contributed by atoms with Crippen molar-refractivity contribution >= 4 is 45.0 Å².